The Bertz CT molecular complexity index is 1560. The molecule has 0 aliphatic carbocycles. The van der Waals surface area contributed by atoms with Gasteiger partial charge >= 0.3 is 6.18 Å². The zero-order valence-corrected chi connectivity index (χ0v) is 18.9. The van der Waals surface area contributed by atoms with E-state index in [1.54, 1.807) is 24.3 Å². The van der Waals surface area contributed by atoms with Crippen molar-refractivity contribution in [2.45, 2.75) is 33.1 Å². The van der Waals surface area contributed by atoms with Crippen molar-refractivity contribution in [2.75, 3.05) is 0 Å². The molecule has 176 valence electrons. The summed E-state index contributed by atoms with van der Waals surface area (Å²) in [6.45, 7) is 3.66. The van der Waals surface area contributed by atoms with Crippen LogP contribution in [0.25, 0.3) is 11.2 Å². The van der Waals surface area contributed by atoms with Crippen LogP contribution in [0.3, 0.4) is 0 Å². The highest BCUT2D eigenvalue weighted by atomic mass is 19.4. The molecule has 1 aliphatic heterocycles. The summed E-state index contributed by atoms with van der Waals surface area (Å²) in [5.41, 5.74) is 5.28. The molecule has 0 saturated carbocycles. The van der Waals surface area contributed by atoms with Gasteiger partial charge in [-0.25, -0.2) is 9.37 Å². The van der Waals surface area contributed by atoms with Crippen molar-refractivity contribution in [3.05, 3.63) is 105 Å². The van der Waals surface area contributed by atoms with Gasteiger partial charge in [-0.15, -0.1) is 0 Å². The van der Waals surface area contributed by atoms with Crippen LogP contribution < -0.4 is 4.74 Å². The first-order valence-electron chi connectivity index (χ1n) is 10.9. The van der Waals surface area contributed by atoms with Crippen molar-refractivity contribution in [2.24, 2.45) is 0 Å². The van der Waals surface area contributed by atoms with Crippen LogP contribution >= 0.6 is 0 Å². The molecule has 0 atom stereocenters. The Morgan fingerprint density at radius 2 is 1.89 bits per heavy atom. The Kier molecular flexibility index (Phi) is 5.36. The zero-order chi connectivity index (χ0) is 24.9. The van der Waals surface area contributed by atoms with Crippen LogP contribution in [0.15, 0.2) is 60.3 Å². The molecule has 4 nitrogen and oxygen atoms in total. The number of aromatic nitrogens is 2. The molecule has 4 aromatic rings. The summed E-state index contributed by atoms with van der Waals surface area (Å²) in [4.78, 5) is 4.33. The standard InChI is InChI=1S/C27H19F4N3O/c1-15(13-32)26-21-5-3-17(9-18(21)14-35-24-12-20(28)4-6-22(24)26)10-23-16(2)33-25-11-19(27(29,30)31)7-8-34(23)25/h3-9,11-12H,10,14H2,1-2H3/b26-15+. The molecule has 0 radical (unpaired) electrons. The molecule has 0 amide bonds. The second-order valence-corrected chi connectivity index (χ2v) is 8.49. The molecular formula is C27H19F4N3O. The van der Waals surface area contributed by atoms with Crippen LogP contribution in [0.5, 0.6) is 5.75 Å². The van der Waals surface area contributed by atoms with Crippen molar-refractivity contribution in [1.29, 1.82) is 5.26 Å². The van der Waals surface area contributed by atoms with Gasteiger partial charge in [-0.2, -0.15) is 18.4 Å². The Labute approximate surface area is 198 Å². The maximum atomic E-state index is 13.9. The predicted molar refractivity (Wildman–Crippen MR) is 122 cm³/mol. The number of halogens is 4. The predicted octanol–water partition coefficient (Wildman–Crippen LogP) is 6.63. The molecule has 0 spiro atoms. The van der Waals surface area contributed by atoms with E-state index < -0.39 is 17.6 Å². The van der Waals surface area contributed by atoms with E-state index in [0.717, 1.165) is 34.5 Å². The molecule has 0 fully saturated rings. The molecule has 0 unspecified atom stereocenters. The van der Waals surface area contributed by atoms with Crippen molar-refractivity contribution >= 4 is 11.2 Å². The minimum atomic E-state index is -4.44. The summed E-state index contributed by atoms with van der Waals surface area (Å²) in [6.07, 6.45) is -2.61. The monoisotopic (exact) mass is 477 g/mol. The van der Waals surface area contributed by atoms with Gasteiger partial charge in [0.2, 0.25) is 0 Å². The fourth-order valence-electron chi connectivity index (χ4n) is 4.50. The van der Waals surface area contributed by atoms with E-state index in [4.69, 9.17) is 4.74 Å². The third kappa shape index (κ3) is 4.03. The number of nitrogens with zero attached hydrogens (tertiary/aromatic N) is 3. The molecule has 2 aromatic heterocycles. The summed E-state index contributed by atoms with van der Waals surface area (Å²) in [6, 6.07) is 14.3. The third-order valence-corrected chi connectivity index (χ3v) is 6.20. The number of ether oxygens (including phenoxy) is 1. The topological polar surface area (TPSA) is 50.3 Å². The van der Waals surface area contributed by atoms with E-state index in [2.05, 4.69) is 11.1 Å². The number of hydrogen-bond acceptors (Lipinski definition) is 3. The number of alkyl halides is 3. The van der Waals surface area contributed by atoms with Crippen molar-refractivity contribution in [3.63, 3.8) is 0 Å². The summed E-state index contributed by atoms with van der Waals surface area (Å²) in [5.74, 6) is -0.0634. The molecule has 0 bridgehead atoms. The second-order valence-electron chi connectivity index (χ2n) is 8.49. The first-order chi connectivity index (χ1) is 16.7. The Hall–Kier alpha value is -4.12. The number of rotatable bonds is 2. The number of allylic oxidation sites excluding steroid dienone is 1. The number of aryl methyl sites for hydroxylation is 1. The lowest BCUT2D eigenvalue weighted by Gasteiger charge is -2.13. The van der Waals surface area contributed by atoms with Crippen molar-refractivity contribution in [3.8, 4) is 11.8 Å². The van der Waals surface area contributed by atoms with Gasteiger partial charge in [0, 0.05) is 41.1 Å². The van der Waals surface area contributed by atoms with Gasteiger partial charge in [0.15, 0.2) is 0 Å². The van der Waals surface area contributed by atoms with Gasteiger partial charge in [0.05, 0.1) is 17.3 Å². The van der Waals surface area contributed by atoms with Crippen LogP contribution in [-0.2, 0) is 19.2 Å². The molecule has 0 saturated heterocycles. The van der Waals surface area contributed by atoms with Crippen LogP contribution in [0, 0.1) is 24.1 Å². The number of imidazole rings is 1. The number of pyridine rings is 1. The number of nitriles is 1. The summed E-state index contributed by atoms with van der Waals surface area (Å²) >= 11 is 0. The lowest BCUT2D eigenvalue weighted by Crippen LogP contribution is -2.06. The van der Waals surface area contributed by atoms with Gasteiger partial charge in [0.25, 0.3) is 0 Å². The van der Waals surface area contributed by atoms with Gasteiger partial charge < -0.3 is 9.14 Å². The minimum Gasteiger partial charge on any atom is -0.488 e. The van der Waals surface area contributed by atoms with Crippen LogP contribution in [0.4, 0.5) is 17.6 Å². The van der Waals surface area contributed by atoms with Crippen LogP contribution in [-0.4, -0.2) is 9.38 Å². The van der Waals surface area contributed by atoms with Gasteiger partial charge in [-0.05, 0) is 54.8 Å². The van der Waals surface area contributed by atoms with Gasteiger partial charge in [-0.1, -0.05) is 18.2 Å². The SMILES string of the molecule is C/C(C#N)=C1/c2ccc(Cc3c(C)nc4cc(C(F)(F)F)ccn34)cc2COc2cc(F)ccc21. The smallest absolute Gasteiger partial charge is 0.416 e. The number of fused-ring (bicyclic) bond motifs is 3. The quantitative estimate of drug-likeness (QED) is 0.241. The first-order valence-corrected chi connectivity index (χ1v) is 10.9. The molecule has 0 N–H and O–H groups in total. The molecule has 8 heteroatoms. The highest BCUT2D eigenvalue weighted by Gasteiger charge is 2.31. The molecule has 35 heavy (non-hydrogen) atoms. The maximum Gasteiger partial charge on any atom is 0.416 e. The molecule has 1 aliphatic rings. The van der Waals surface area contributed by atoms with E-state index in [1.165, 1.54) is 18.3 Å². The van der Waals surface area contributed by atoms with Crippen molar-refractivity contribution in [1.82, 2.24) is 9.38 Å². The molecule has 3 heterocycles. The van der Waals surface area contributed by atoms with E-state index >= 15 is 0 Å². The number of benzene rings is 2. The van der Waals surface area contributed by atoms with Gasteiger partial charge in [0.1, 0.15) is 23.8 Å². The minimum absolute atomic E-state index is 0.183. The Morgan fingerprint density at radius 1 is 1.11 bits per heavy atom. The Morgan fingerprint density at radius 3 is 2.63 bits per heavy atom. The summed E-state index contributed by atoms with van der Waals surface area (Å²) in [7, 11) is 0. The fourth-order valence-corrected chi connectivity index (χ4v) is 4.50. The van der Waals surface area contributed by atoms with Gasteiger partial charge in [-0.3, -0.25) is 0 Å². The number of hydrogen-bond donors (Lipinski definition) is 0. The van der Waals surface area contributed by atoms with Crippen LogP contribution in [0.2, 0.25) is 0 Å². The van der Waals surface area contributed by atoms with Crippen LogP contribution in [0.1, 0.15) is 46.1 Å². The lowest BCUT2D eigenvalue weighted by atomic mass is 9.89. The molecule has 2 aromatic carbocycles. The average Bonchev–Trinajstić information content (AvgIpc) is 3.03. The zero-order valence-electron chi connectivity index (χ0n) is 18.9. The van der Waals surface area contributed by atoms with Crippen molar-refractivity contribution < 1.29 is 22.3 Å². The second kappa shape index (κ2) is 8.27. The van der Waals surface area contributed by atoms with E-state index in [-0.39, 0.29) is 12.3 Å². The average molecular weight is 477 g/mol. The largest absolute Gasteiger partial charge is 0.488 e. The lowest BCUT2D eigenvalue weighted by molar-refractivity contribution is -0.137. The van der Waals surface area contributed by atoms with E-state index in [1.807, 2.05) is 18.2 Å². The maximum absolute atomic E-state index is 13.9. The van der Waals surface area contributed by atoms with E-state index in [9.17, 15) is 22.8 Å². The molecule has 5 rings (SSSR count). The Balaban J connectivity index is 1.56. The fraction of sp³-hybridized carbons (Fsp3) is 0.185. The van der Waals surface area contributed by atoms with E-state index in [0.29, 0.717) is 34.6 Å². The first kappa shape index (κ1) is 22.7. The summed E-state index contributed by atoms with van der Waals surface area (Å²) in [5, 5.41) is 9.61. The highest BCUT2D eigenvalue weighted by molar-refractivity contribution is 5.88. The highest BCUT2D eigenvalue weighted by Crippen LogP contribution is 2.39. The third-order valence-electron chi connectivity index (χ3n) is 6.20. The normalized spacial score (nSPS) is 14.5. The summed E-state index contributed by atoms with van der Waals surface area (Å²) < 4.78 is 60.7. The molecular weight excluding hydrogens is 458 g/mol.